The molecule has 1 fully saturated rings. The van der Waals surface area contributed by atoms with Crippen molar-refractivity contribution in [2.45, 2.75) is 12.5 Å². The van der Waals surface area contributed by atoms with Crippen molar-refractivity contribution in [1.82, 2.24) is 4.98 Å². The molecule has 1 aromatic heterocycles. The highest BCUT2D eigenvalue weighted by molar-refractivity contribution is 6.29. The molecule has 1 N–H and O–H groups in total. The van der Waals surface area contributed by atoms with Gasteiger partial charge in [-0.25, -0.2) is 4.98 Å². The molecule has 1 aromatic rings. The van der Waals surface area contributed by atoms with Crippen LogP contribution in [0.2, 0.25) is 5.15 Å². The van der Waals surface area contributed by atoms with Crippen molar-refractivity contribution in [3.05, 3.63) is 23.5 Å². The van der Waals surface area contributed by atoms with E-state index in [9.17, 15) is 5.11 Å². The monoisotopic (exact) mass is 198 g/mol. The number of aliphatic hydroxyl groups is 1. The van der Waals surface area contributed by atoms with E-state index in [0.717, 1.165) is 18.7 Å². The van der Waals surface area contributed by atoms with Crippen LogP contribution in [-0.4, -0.2) is 29.3 Å². The minimum Gasteiger partial charge on any atom is -0.391 e. The molecule has 1 atom stereocenters. The molecule has 0 spiro atoms. The molecule has 0 saturated carbocycles. The third-order valence-corrected chi connectivity index (χ3v) is 2.45. The van der Waals surface area contributed by atoms with E-state index in [1.807, 2.05) is 12.1 Å². The van der Waals surface area contributed by atoms with Gasteiger partial charge in [-0.1, -0.05) is 11.6 Å². The van der Waals surface area contributed by atoms with Gasteiger partial charge in [-0.3, -0.25) is 0 Å². The summed E-state index contributed by atoms with van der Waals surface area (Å²) in [5, 5.41) is 9.84. The molecule has 0 bridgehead atoms. The Kier molecular flexibility index (Phi) is 2.38. The fourth-order valence-electron chi connectivity index (χ4n) is 1.57. The normalized spacial score (nSPS) is 22.3. The van der Waals surface area contributed by atoms with E-state index < -0.39 is 0 Å². The zero-order valence-electron chi connectivity index (χ0n) is 7.15. The fourth-order valence-corrected chi connectivity index (χ4v) is 1.73. The molecule has 0 unspecified atom stereocenters. The van der Waals surface area contributed by atoms with Gasteiger partial charge in [-0.2, -0.15) is 0 Å². The van der Waals surface area contributed by atoms with Crippen LogP contribution >= 0.6 is 11.6 Å². The Morgan fingerprint density at radius 3 is 3.08 bits per heavy atom. The molecule has 2 heterocycles. The minimum absolute atomic E-state index is 0.202. The van der Waals surface area contributed by atoms with Gasteiger partial charge in [-0.15, -0.1) is 0 Å². The van der Waals surface area contributed by atoms with Gasteiger partial charge in [0.1, 0.15) is 5.15 Å². The first-order valence-corrected chi connectivity index (χ1v) is 4.68. The molecular weight excluding hydrogens is 188 g/mol. The molecule has 2 rings (SSSR count). The van der Waals surface area contributed by atoms with Crippen LogP contribution in [0.1, 0.15) is 6.42 Å². The molecule has 0 amide bonds. The van der Waals surface area contributed by atoms with Crippen molar-refractivity contribution in [3.63, 3.8) is 0 Å². The fraction of sp³-hybridized carbons (Fsp3) is 0.444. The molecule has 0 aliphatic carbocycles. The number of anilines is 1. The second kappa shape index (κ2) is 3.52. The van der Waals surface area contributed by atoms with E-state index in [1.54, 1.807) is 6.20 Å². The second-order valence-electron chi connectivity index (χ2n) is 3.23. The Balaban J connectivity index is 2.16. The molecule has 1 saturated heterocycles. The second-order valence-corrected chi connectivity index (χ2v) is 3.61. The van der Waals surface area contributed by atoms with Crippen LogP contribution in [0.15, 0.2) is 18.3 Å². The molecule has 0 radical (unpaired) electrons. The van der Waals surface area contributed by atoms with Crippen LogP contribution in [0.3, 0.4) is 0 Å². The van der Waals surface area contributed by atoms with E-state index >= 15 is 0 Å². The summed E-state index contributed by atoms with van der Waals surface area (Å²) in [7, 11) is 0. The number of β-amino-alcohol motifs (C(OH)–C–C–N with tert-alkyl or cyclic N) is 1. The molecular formula is C9H11ClN2O. The highest BCUT2D eigenvalue weighted by Gasteiger charge is 2.20. The largest absolute Gasteiger partial charge is 0.391 e. The lowest BCUT2D eigenvalue weighted by atomic mass is 10.3. The van der Waals surface area contributed by atoms with Crippen molar-refractivity contribution < 1.29 is 5.11 Å². The van der Waals surface area contributed by atoms with E-state index in [2.05, 4.69) is 9.88 Å². The maximum atomic E-state index is 9.34. The van der Waals surface area contributed by atoms with Gasteiger partial charge >= 0.3 is 0 Å². The highest BCUT2D eigenvalue weighted by atomic mass is 35.5. The highest BCUT2D eigenvalue weighted by Crippen LogP contribution is 2.21. The number of halogens is 1. The summed E-state index contributed by atoms with van der Waals surface area (Å²) >= 11 is 5.76. The van der Waals surface area contributed by atoms with E-state index in [1.165, 1.54) is 0 Å². The molecule has 3 nitrogen and oxygen atoms in total. The molecule has 1 aliphatic rings. The topological polar surface area (TPSA) is 36.4 Å². The summed E-state index contributed by atoms with van der Waals surface area (Å²) in [5.41, 5.74) is 1.04. The number of aliphatic hydroxyl groups excluding tert-OH is 1. The average molecular weight is 199 g/mol. The summed E-state index contributed by atoms with van der Waals surface area (Å²) in [6, 6.07) is 3.73. The van der Waals surface area contributed by atoms with Crippen molar-refractivity contribution in [2.24, 2.45) is 0 Å². The number of rotatable bonds is 1. The van der Waals surface area contributed by atoms with Gasteiger partial charge in [0.2, 0.25) is 0 Å². The Labute approximate surface area is 82.0 Å². The predicted molar refractivity (Wildman–Crippen MR) is 52.1 cm³/mol. The van der Waals surface area contributed by atoms with Crippen molar-refractivity contribution in [2.75, 3.05) is 18.0 Å². The number of hydrogen-bond acceptors (Lipinski definition) is 3. The first kappa shape index (κ1) is 8.78. The van der Waals surface area contributed by atoms with Gasteiger partial charge in [0.25, 0.3) is 0 Å². The predicted octanol–water partition coefficient (Wildman–Crippen LogP) is 1.31. The van der Waals surface area contributed by atoms with Crippen LogP contribution < -0.4 is 4.90 Å². The van der Waals surface area contributed by atoms with Gasteiger partial charge in [0.05, 0.1) is 6.10 Å². The van der Waals surface area contributed by atoms with E-state index in [-0.39, 0.29) is 6.10 Å². The zero-order chi connectivity index (χ0) is 9.26. The van der Waals surface area contributed by atoms with Crippen LogP contribution in [0.5, 0.6) is 0 Å². The third kappa shape index (κ3) is 1.92. The van der Waals surface area contributed by atoms with Crippen molar-refractivity contribution in [1.29, 1.82) is 0 Å². The van der Waals surface area contributed by atoms with Crippen LogP contribution in [-0.2, 0) is 0 Å². The van der Waals surface area contributed by atoms with Gasteiger partial charge in [0.15, 0.2) is 0 Å². The van der Waals surface area contributed by atoms with Crippen molar-refractivity contribution >= 4 is 17.3 Å². The Morgan fingerprint density at radius 2 is 2.46 bits per heavy atom. The summed E-state index contributed by atoms with van der Waals surface area (Å²) in [5.74, 6) is 0. The molecule has 4 heteroatoms. The average Bonchev–Trinajstić information content (AvgIpc) is 2.52. The summed E-state index contributed by atoms with van der Waals surface area (Å²) in [6.45, 7) is 1.59. The standard InChI is InChI=1S/C9H11ClN2O/c10-9-5-7(1-3-11-9)12-4-2-8(13)6-12/h1,3,5,8,13H,2,4,6H2/t8-/m0/s1. The van der Waals surface area contributed by atoms with Crippen molar-refractivity contribution in [3.8, 4) is 0 Å². The van der Waals surface area contributed by atoms with Crippen LogP contribution in [0.4, 0.5) is 5.69 Å². The van der Waals surface area contributed by atoms with Gasteiger partial charge in [0, 0.05) is 25.0 Å². The SMILES string of the molecule is O[C@H]1CCN(c2ccnc(Cl)c2)C1. The quantitative estimate of drug-likeness (QED) is 0.692. The maximum absolute atomic E-state index is 9.34. The molecule has 0 aromatic carbocycles. The van der Waals surface area contributed by atoms with E-state index in [0.29, 0.717) is 11.7 Å². The lowest BCUT2D eigenvalue weighted by molar-refractivity contribution is 0.198. The van der Waals surface area contributed by atoms with Crippen LogP contribution in [0.25, 0.3) is 0 Å². The smallest absolute Gasteiger partial charge is 0.131 e. The molecule has 13 heavy (non-hydrogen) atoms. The summed E-state index contributed by atoms with van der Waals surface area (Å²) in [6.07, 6.45) is 2.31. The zero-order valence-corrected chi connectivity index (χ0v) is 7.91. The number of nitrogens with zero attached hydrogens (tertiary/aromatic N) is 2. The molecule has 1 aliphatic heterocycles. The summed E-state index contributed by atoms with van der Waals surface area (Å²) in [4.78, 5) is 6.02. The Bertz CT molecular complexity index is 305. The maximum Gasteiger partial charge on any atom is 0.131 e. The van der Waals surface area contributed by atoms with E-state index in [4.69, 9.17) is 11.6 Å². The first-order valence-electron chi connectivity index (χ1n) is 4.30. The number of hydrogen-bond donors (Lipinski definition) is 1. The summed E-state index contributed by atoms with van der Waals surface area (Å²) < 4.78 is 0. The first-order chi connectivity index (χ1) is 6.25. The van der Waals surface area contributed by atoms with Crippen LogP contribution in [0, 0.1) is 0 Å². The number of aromatic nitrogens is 1. The Morgan fingerprint density at radius 1 is 1.62 bits per heavy atom. The lowest BCUT2D eigenvalue weighted by Crippen LogP contribution is -2.20. The third-order valence-electron chi connectivity index (χ3n) is 2.24. The van der Waals surface area contributed by atoms with Gasteiger partial charge in [-0.05, 0) is 18.6 Å². The minimum atomic E-state index is -0.202. The lowest BCUT2D eigenvalue weighted by Gasteiger charge is -2.17. The Hall–Kier alpha value is -0.800. The molecule has 70 valence electrons. The van der Waals surface area contributed by atoms with Gasteiger partial charge < -0.3 is 10.0 Å². The number of pyridine rings is 1.